The molecule has 0 atom stereocenters. The monoisotopic (exact) mass is 332 g/mol. The van der Waals surface area contributed by atoms with E-state index in [1.807, 2.05) is 28.1 Å². The molecule has 0 aliphatic rings. The van der Waals surface area contributed by atoms with E-state index in [9.17, 15) is 4.79 Å². The highest BCUT2D eigenvalue weighted by Crippen LogP contribution is 2.22. The number of pyridine rings is 1. The van der Waals surface area contributed by atoms with Crippen LogP contribution in [0.25, 0.3) is 11.0 Å². The van der Waals surface area contributed by atoms with Crippen LogP contribution >= 0.6 is 22.9 Å². The summed E-state index contributed by atoms with van der Waals surface area (Å²) in [6.45, 7) is 0.558. The Morgan fingerprint density at radius 3 is 3.23 bits per heavy atom. The number of hydrogen-bond donors (Lipinski definition) is 1. The van der Waals surface area contributed by atoms with Gasteiger partial charge in [-0.15, -0.1) is 11.3 Å². The number of carbonyl (C=O) groups excluding carboxylic acids is 1. The molecular formula is C15H13ClN4OS. The Kier molecular flexibility index (Phi) is 4.50. The van der Waals surface area contributed by atoms with E-state index < -0.39 is 0 Å². The minimum absolute atomic E-state index is 0.162. The fourth-order valence-electron chi connectivity index (χ4n) is 2.02. The molecular weight excluding hydrogens is 320 g/mol. The third kappa shape index (κ3) is 3.35. The molecule has 0 aromatic carbocycles. The van der Waals surface area contributed by atoms with E-state index in [0.717, 1.165) is 16.9 Å². The fourth-order valence-corrected chi connectivity index (χ4v) is 3.02. The maximum Gasteiger partial charge on any atom is 0.244 e. The van der Waals surface area contributed by atoms with Crippen molar-refractivity contribution in [2.24, 2.45) is 0 Å². The number of rotatable bonds is 5. The SMILES string of the molecule is O=C(C=Cc1c(Cl)nc2sccn12)NCCc1cccnc1. The summed E-state index contributed by atoms with van der Waals surface area (Å²) in [6.07, 6.45) is 9.28. The van der Waals surface area contributed by atoms with Crippen molar-refractivity contribution in [1.82, 2.24) is 19.7 Å². The number of fused-ring (bicyclic) bond motifs is 1. The molecule has 0 fully saturated rings. The molecule has 0 spiro atoms. The zero-order chi connectivity index (χ0) is 15.4. The van der Waals surface area contributed by atoms with Crippen molar-refractivity contribution >= 4 is 39.9 Å². The molecule has 3 aromatic rings. The quantitative estimate of drug-likeness (QED) is 0.731. The smallest absolute Gasteiger partial charge is 0.244 e. The predicted octanol–water partition coefficient (Wildman–Crippen LogP) is 2.82. The largest absolute Gasteiger partial charge is 0.352 e. The summed E-state index contributed by atoms with van der Waals surface area (Å²) in [5.74, 6) is -0.162. The lowest BCUT2D eigenvalue weighted by Gasteiger charge is -2.01. The van der Waals surface area contributed by atoms with Crippen LogP contribution in [-0.2, 0) is 11.2 Å². The zero-order valence-electron chi connectivity index (χ0n) is 11.6. The fraction of sp³-hybridized carbons (Fsp3) is 0.133. The molecule has 3 heterocycles. The number of thiazole rings is 1. The summed E-state index contributed by atoms with van der Waals surface area (Å²) < 4.78 is 1.85. The molecule has 0 radical (unpaired) electrons. The number of halogens is 1. The van der Waals surface area contributed by atoms with Crippen molar-refractivity contribution in [2.75, 3.05) is 6.54 Å². The van der Waals surface area contributed by atoms with E-state index in [-0.39, 0.29) is 5.91 Å². The van der Waals surface area contributed by atoms with Crippen LogP contribution in [0.2, 0.25) is 5.15 Å². The van der Waals surface area contributed by atoms with E-state index in [4.69, 9.17) is 11.6 Å². The van der Waals surface area contributed by atoms with Crippen LogP contribution in [-0.4, -0.2) is 26.8 Å². The molecule has 3 rings (SSSR count). The number of nitrogens with zero attached hydrogens (tertiary/aromatic N) is 3. The van der Waals surface area contributed by atoms with Crippen LogP contribution in [0.4, 0.5) is 0 Å². The minimum Gasteiger partial charge on any atom is -0.352 e. The summed E-state index contributed by atoms with van der Waals surface area (Å²) in [5, 5.41) is 5.15. The lowest BCUT2D eigenvalue weighted by atomic mass is 10.2. The van der Waals surface area contributed by atoms with Crippen LogP contribution < -0.4 is 5.32 Å². The summed E-state index contributed by atoms with van der Waals surface area (Å²) in [5.41, 5.74) is 1.80. The van der Waals surface area contributed by atoms with Gasteiger partial charge < -0.3 is 5.32 Å². The Balaban J connectivity index is 1.57. The van der Waals surface area contributed by atoms with Gasteiger partial charge in [0.25, 0.3) is 0 Å². The zero-order valence-corrected chi connectivity index (χ0v) is 13.1. The van der Waals surface area contributed by atoms with E-state index >= 15 is 0 Å². The van der Waals surface area contributed by atoms with E-state index in [1.54, 1.807) is 18.5 Å². The number of imidazole rings is 1. The van der Waals surface area contributed by atoms with E-state index in [2.05, 4.69) is 15.3 Å². The molecule has 5 nitrogen and oxygen atoms in total. The highest BCUT2D eigenvalue weighted by molar-refractivity contribution is 7.15. The third-order valence-corrected chi connectivity index (χ3v) is 4.12. The summed E-state index contributed by atoms with van der Waals surface area (Å²) in [4.78, 5) is 20.9. The van der Waals surface area contributed by atoms with Gasteiger partial charge in [-0.1, -0.05) is 17.7 Å². The number of carbonyl (C=O) groups is 1. The Bertz CT molecular complexity index is 809. The van der Waals surface area contributed by atoms with Crippen LogP contribution in [0.1, 0.15) is 11.3 Å². The molecule has 7 heteroatoms. The molecule has 112 valence electrons. The molecule has 0 saturated heterocycles. The van der Waals surface area contributed by atoms with Gasteiger partial charge in [0.2, 0.25) is 5.91 Å². The molecule has 3 aromatic heterocycles. The summed E-state index contributed by atoms with van der Waals surface area (Å²) in [6, 6.07) is 3.86. The molecule has 1 amide bonds. The molecule has 0 bridgehead atoms. The van der Waals surface area contributed by atoms with Gasteiger partial charge in [-0.3, -0.25) is 14.2 Å². The van der Waals surface area contributed by atoms with Gasteiger partial charge in [-0.2, -0.15) is 0 Å². The third-order valence-electron chi connectivity index (χ3n) is 3.08. The summed E-state index contributed by atoms with van der Waals surface area (Å²) >= 11 is 7.56. The molecule has 0 unspecified atom stereocenters. The van der Waals surface area contributed by atoms with Gasteiger partial charge >= 0.3 is 0 Å². The first-order valence-corrected chi connectivity index (χ1v) is 7.95. The Labute approximate surface area is 136 Å². The van der Waals surface area contributed by atoms with Crippen LogP contribution in [0.15, 0.2) is 42.2 Å². The first-order valence-electron chi connectivity index (χ1n) is 6.70. The molecule has 22 heavy (non-hydrogen) atoms. The maximum absolute atomic E-state index is 11.8. The Hall–Kier alpha value is -2.18. The lowest BCUT2D eigenvalue weighted by Crippen LogP contribution is -2.23. The van der Waals surface area contributed by atoms with Gasteiger partial charge in [-0.05, 0) is 24.1 Å². The van der Waals surface area contributed by atoms with Gasteiger partial charge in [0, 0.05) is 36.6 Å². The van der Waals surface area contributed by atoms with Gasteiger partial charge in [0.05, 0.1) is 5.69 Å². The number of aromatic nitrogens is 3. The first kappa shape index (κ1) is 14.7. The minimum atomic E-state index is -0.162. The number of hydrogen-bond acceptors (Lipinski definition) is 4. The maximum atomic E-state index is 11.8. The Morgan fingerprint density at radius 2 is 2.41 bits per heavy atom. The van der Waals surface area contributed by atoms with Crippen LogP contribution in [0.5, 0.6) is 0 Å². The highest BCUT2D eigenvalue weighted by Gasteiger charge is 2.08. The average molecular weight is 333 g/mol. The average Bonchev–Trinajstić information content (AvgIpc) is 3.07. The molecule has 1 N–H and O–H groups in total. The van der Waals surface area contributed by atoms with Crippen molar-refractivity contribution in [3.8, 4) is 0 Å². The van der Waals surface area contributed by atoms with Crippen molar-refractivity contribution in [2.45, 2.75) is 6.42 Å². The lowest BCUT2D eigenvalue weighted by molar-refractivity contribution is -0.116. The standard InChI is InChI=1S/C15H13ClN4OS/c16-14-12(20-8-9-22-15(20)19-14)3-4-13(21)18-7-5-11-2-1-6-17-10-11/h1-4,6,8-10H,5,7H2,(H,18,21). The van der Waals surface area contributed by atoms with E-state index in [1.165, 1.54) is 17.4 Å². The molecule has 0 saturated carbocycles. The number of nitrogens with one attached hydrogen (secondary N) is 1. The second kappa shape index (κ2) is 6.72. The van der Waals surface area contributed by atoms with Gasteiger partial charge in [0.15, 0.2) is 10.1 Å². The van der Waals surface area contributed by atoms with Gasteiger partial charge in [-0.25, -0.2) is 4.98 Å². The Morgan fingerprint density at radius 1 is 1.50 bits per heavy atom. The number of amides is 1. The van der Waals surface area contributed by atoms with Crippen LogP contribution in [0, 0.1) is 0 Å². The van der Waals surface area contributed by atoms with Crippen molar-refractivity contribution < 1.29 is 4.79 Å². The van der Waals surface area contributed by atoms with Crippen molar-refractivity contribution in [3.63, 3.8) is 0 Å². The normalized spacial score (nSPS) is 11.3. The molecule has 0 aliphatic carbocycles. The second-order valence-corrected chi connectivity index (χ2v) is 5.81. The van der Waals surface area contributed by atoms with E-state index in [0.29, 0.717) is 17.4 Å². The second-order valence-electron chi connectivity index (χ2n) is 4.58. The topological polar surface area (TPSA) is 59.3 Å². The van der Waals surface area contributed by atoms with Crippen molar-refractivity contribution in [1.29, 1.82) is 0 Å². The van der Waals surface area contributed by atoms with Crippen molar-refractivity contribution in [3.05, 3.63) is 58.6 Å². The van der Waals surface area contributed by atoms with Crippen LogP contribution in [0.3, 0.4) is 0 Å². The van der Waals surface area contributed by atoms with Gasteiger partial charge in [0.1, 0.15) is 0 Å². The highest BCUT2D eigenvalue weighted by atomic mass is 35.5. The first-order chi connectivity index (χ1) is 10.7. The molecule has 0 aliphatic heterocycles. The summed E-state index contributed by atoms with van der Waals surface area (Å²) in [7, 11) is 0. The predicted molar refractivity (Wildman–Crippen MR) is 88.1 cm³/mol.